The second-order valence-corrected chi connectivity index (χ2v) is 8.22. The summed E-state index contributed by atoms with van der Waals surface area (Å²) in [6, 6.07) is 7.46. The summed E-state index contributed by atoms with van der Waals surface area (Å²) in [7, 11) is -0.722. The van der Waals surface area contributed by atoms with E-state index >= 15 is 0 Å². The number of carbonyl (C=O) groups excluding carboxylic acids is 1. The Balaban J connectivity index is 1.65. The number of furan rings is 1. The maximum Gasteiger partial charge on any atom is 0.300 e. The number of likely N-dealkylation sites (N-methyl/N-ethyl adjacent to an activating group) is 1. The minimum Gasteiger partial charge on any atom is -0.459 e. The molecule has 0 aliphatic heterocycles. The summed E-state index contributed by atoms with van der Waals surface area (Å²) in [4.78, 5) is 17.9. The molecule has 2 aromatic heterocycles. The van der Waals surface area contributed by atoms with Crippen molar-refractivity contribution >= 4 is 39.0 Å². The Morgan fingerprint density at radius 1 is 1.30 bits per heavy atom. The Hall–Kier alpha value is -3.24. The monoisotopic (exact) mass is 432 g/mol. The first-order valence-corrected chi connectivity index (χ1v) is 10.4. The Morgan fingerprint density at radius 2 is 2.07 bits per heavy atom. The van der Waals surface area contributed by atoms with Gasteiger partial charge in [-0.05, 0) is 42.8 Å². The first kappa shape index (κ1) is 21.5. The first-order chi connectivity index (χ1) is 14.2. The van der Waals surface area contributed by atoms with E-state index in [2.05, 4.69) is 14.4 Å². The molecule has 10 heteroatoms. The number of rotatable bonds is 7. The molecule has 0 spiro atoms. The van der Waals surface area contributed by atoms with Crippen molar-refractivity contribution < 1.29 is 22.0 Å². The van der Waals surface area contributed by atoms with E-state index in [-0.39, 0.29) is 24.1 Å². The summed E-state index contributed by atoms with van der Waals surface area (Å²) in [6.07, 6.45) is 4.39. The van der Waals surface area contributed by atoms with Crippen molar-refractivity contribution in [2.75, 3.05) is 18.8 Å². The summed E-state index contributed by atoms with van der Waals surface area (Å²) >= 11 is 0. The lowest BCUT2D eigenvalue weighted by atomic mass is 10.1. The zero-order valence-electron chi connectivity index (χ0n) is 16.6. The van der Waals surface area contributed by atoms with Crippen LogP contribution in [0.15, 0.2) is 47.0 Å². The van der Waals surface area contributed by atoms with Crippen LogP contribution in [0.1, 0.15) is 16.9 Å². The number of nitrogens with one attached hydrogen (secondary N) is 2. The average molecular weight is 432 g/mol. The van der Waals surface area contributed by atoms with Gasteiger partial charge in [-0.25, -0.2) is 14.1 Å². The van der Waals surface area contributed by atoms with E-state index in [4.69, 9.17) is 4.42 Å². The number of halogens is 1. The van der Waals surface area contributed by atoms with E-state index < -0.39 is 10.2 Å². The van der Waals surface area contributed by atoms with Crippen LogP contribution in [0.3, 0.4) is 0 Å². The van der Waals surface area contributed by atoms with Gasteiger partial charge in [-0.1, -0.05) is 0 Å². The van der Waals surface area contributed by atoms with Crippen molar-refractivity contribution in [3.63, 3.8) is 0 Å². The molecule has 0 saturated heterocycles. The molecule has 8 nitrogen and oxygen atoms in total. The van der Waals surface area contributed by atoms with Crippen molar-refractivity contribution in [1.29, 1.82) is 0 Å². The van der Waals surface area contributed by atoms with E-state index in [9.17, 15) is 17.6 Å². The molecule has 158 valence electrons. The number of nitrogens with zero attached hydrogens (tertiary/aromatic N) is 2. The number of amides is 1. The number of carbonyl (C=O) groups is 1. The molecule has 0 radical (unpaired) electrons. The Bertz CT molecular complexity index is 1200. The van der Waals surface area contributed by atoms with E-state index in [1.54, 1.807) is 25.3 Å². The van der Waals surface area contributed by atoms with E-state index in [1.165, 1.54) is 42.4 Å². The summed E-state index contributed by atoms with van der Waals surface area (Å²) in [6.45, 7) is 2.09. The quantitative estimate of drug-likeness (QED) is 0.559. The van der Waals surface area contributed by atoms with Gasteiger partial charge in [0.1, 0.15) is 23.0 Å². The standard InChI is InChI=1S/C20H21FN4O4S/c1-13-16-7-6-15(21)10-17(16)29-18(13)12-25(3)20(26)9-5-14-4-8-19(23-11-14)24-30(27,28)22-2/h4-11,22H,12H2,1-3H3,(H,23,24)/b9-5+. The van der Waals surface area contributed by atoms with Crippen LogP contribution < -0.4 is 9.44 Å². The second-order valence-electron chi connectivity index (χ2n) is 6.60. The van der Waals surface area contributed by atoms with Crippen LogP contribution in [-0.2, 0) is 21.5 Å². The van der Waals surface area contributed by atoms with E-state index in [0.29, 0.717) is 16.9 Å². The molecule has 0 fully saturated rings. The van der Waals surface area contributed by atoms with Crippen LogP contribution in [0.4, 0.5) is 10.2 Å². The molecule has 0 atom stereocenters. The molecule has 0 saturated carbocycles. The topological polar surface area (TPSA) is 105 Å². The molecule has 3 rings (SSSR count). The SMILES string of the molecule is CNS(=O)(=O)Nc1ccc(/C=C/C(=O)N(C)Cc2oc3cc(F)ccc3c2C)cn1. The van der Waals surface area contributed by atoms with Crippen molar-refractivity contribution in [3.8, 4) is 0 Å². The molecule has 30 heavy (non-hydrogen) atoms. The molecular formula is C20H21FN4O4S. The van der Waals surface area contributed by atoms with Crippen LogP contribution in [0.5, 0.6) is 0 Å². The zero-order chi connectivity index (χ0) is 21.9. The summed E-state index contributed by atoms with van der Waals surface area (Å²) in [5, 5.41) is 0.808. The molecule has 2 N–H and O–H groups in total. The van der Waals surface area contributed by atoms with E-state index in [1.807, 2.05) is 6.92 Å². The third kappa shape index (κ3) is 5.02. The normalized spacial score (nSPS) is 11.9. The van der Waals surface area contributed by atoms with Crippen LogP contribution in [0.25, 0.3) is 17.0 Å². The number of aromatic nitrogens is 1. The third-order valence-electron chi connectivity index (χ3n) is 4.47. The van der Waals surface area contributed by atoms with Gasteiger partial charge in [0.25, 0.3) is 10.2 Å². The lowest BCUT2D eigenvalue weighted by Crippen LogP contribution is -2.26. The van der Waals surface area contributed by atoms with Gasteiger partial charge >= 0.3 is 0 Å². The molecule has 0 aliphatic carbocycles. The van der Waals surface area contributed by atoms with Gasteiger partial charge in [0.05, 0.1) is 6.54 Å². The highest BCUT2D eigenvalue weighted by molar-refractivity contribution is 7.90. The number of hydrogen-bond acceptors (Lipinski definition) is 5. The molecule has 0 bridgehead atoms. The number of aryl methyl sites for hydroxylation is 1. The lowest BCUT2D eigenvalue weighted by Gasteiger charge is -2.13. The van der Waals surface area contributed by atoms with Crippen molar-refractivity contribution in [2.45, 2.75) is 13.5 Å². The van der Waals surface area contributed by atoms with Gasteiger partial charge in [0, 0.05) is 43.4 Å². The minimum absolute atomic E-state index is 0.154. The van der Waals surface area contributed by atoms with Gasteiger partial charge in [0.15, 0.2) is 0 Å². The van der Waals surface area contributed by atoms with Gasteiger partial charge in [0.2, 0.25) is 5.91 Å². The highest BCUT2D eigenvalue weighted by Crippen LogP contribution is 2.26. The first-order valence-electron chi connectivity index (χ1n) is 8.96. The van der Waals surface area contributed by atoms with Crippen molar-refractivity contribution in [3.05, 3.63) is 65.3 Å². The number of anilines is 1. The van der Waals surface area contributed by atoms with Gasteiger partial charge in [-0.15, -0.1) is 0 Å². The van der Waals surface area contributed by atoms with Gasteiger partial charge in [-0.2, -0.15) is 8.42 Å². The Morgan fingerprint density at radius 3 is 2.73 bits per heavy atom. The second kappa shape index (κ2) is 8.64. The number of pyridine rings is 1. The highest BCUT2D eigenvalue weighted by Gasteiger charge is 2.15. The van der Waals surface area contributed by atoms with Crippen LogP contribution >= 0.6 is 0 Å². The van der Waals surface area contributed by atoms with Crippen LogP contribution in [0.2, 0.25) is 0 Å². The van der Waals surface area contributed by atoms with E-state index in [0.717, 1.165) is 10.9 Å². The minimum atomic E-state index is -3.64. The molecule has 0 unspecified atom stereocenters. The molecule has 1 aromatic carbocycles. The molecule has 0 aliphatic rings. The molecule has 3 aromatic rings. The van der Waals surface area contributed by atoms with Crippen molar-refractivity contribution in [2.24, 2.45) is 0 Å². The maximum atomic E-state index is 13.4. The van der Waals surface area contributed by atoms with Crippen molar-refractivity contribution in [1.82, 2.24) is 14.6 Å². The number of benzene rings is 1. The average Bonchev–Trinajstić information content (AvgIpc) is 3.01. The van der Waals surface area contributed by atoms with Gasteiger partial charge in [-0.3, -0.25) is 9.52 Å². The zero-order valence-corrected chi connectivity index (χ0v) is 17.5. The molecule has 2 heterocycles. The molecule has 1 amide bonds. The largest absolute Gasteiger partial charge is 0.459 e. The Kier molecular flexibility index (Phi) is 6.18. The van der Waals surface area contributed by atoms with Crippen LogP contribution in [-0.4, -0.2) is 38.3 Å². The third-order valence-corrected chi connectivity index (χ3v) is 5.48. The van der Waals surface area contributed by atoms with Gasteiger partial charge < -0.3 is 9.32 Å². The fourth-order valence-corrected chi connectivity index (χ4v) is 3.24. The van der Waals surface area contributed by atoms with Crippen LogP contribution in [0, 0.1) is 12.7 Å². The lowest BCUT2D eigenvalue weighted by molar-refractivity contribution is -0.125. The molecular weight excluding hydrogens is 411 g/mol. The summed E-state index contributed by atoms with van der Waals surface area (Å²) < 4.78 is 46.3. The fraction of sp³-hybridized carbons (Fsp3) is 0.200. The highest BCUT2D eigenvalue weighted by atomic mass is 32.2. The number of fused-ring (bicyclic) bond motifs is 1. The maximum absolute atomic E-state index is 13.4. The smallest absolute Gasteiger partial charge is 0.300 e. The summed E-state index contributed by atoms with van der Waals surface area (Å²) in [5.41, 5.74) is 1.93. The Labute approximate surface area is 173 Å². The summed E-state index contributed by atoms with van der Waals surface area (Å²) in [5.74, 6) is 0.0963. The fourth-order valence-electron chi connectivity index (χ4n) is 2.74. The predicted molar refractivity (Wildman–Crippen MR) is 112 cm³/mol. The number of hydrogen-bond donors (Lipinski definition) is 2. The predicted octanol–water partition coefficient (Wildman–Crippen LogP) is 2.82.